The Kier molecular flexibility index (Phi) is 4.95. The van der Waals surface area contributed by atoms with Crippen molar-refractivity contribution < 1.29 is 9.47 Å². The predicted molar refractivity (Wildman–Crippen MR) is 56.1 cm³/mol. The van der Waals surface area contributed by atoms with Crippen molar-refractivity contribution >= 4 is 0 Å². The van der Waals surface area contributed by atoms with Gasteiger partial charge in [0.1, 0.15) is 5.60 Å². The van der Waals surface area contributed by atoms with Gasteiger partial charge in [-0.25, -0.2) is 0 Å². The second kappa shape index (κ2) is 6.02. The maximum atomic E-state index is 5.48. The van der Waals surface area contributed by atoms with E-state index in [1.165, 1.54) is 0 Å². The van der Waals surface area contributed by atoms with Gasteiger partial charge in [0, 0.05) is 39.6 Å². The molecule has 0 aliphatic carbocycles. The zero-order chi connectivity index (χ0) is 10.3. The first-order valence-electron chi connectivity index (χ1n) is 5.06. The standard InChI is InChI=1S/C11H19NO2/c1-3-4-5-7-12-9-11(13-2)6-8-14-10-11/h12H,5-10H2,1-2H3. The van der Waals surface area contributed by atoms with Crippen LogP contribution in [0.1, 0.15) is 19.8 Å². The van der Waals surface area contributed by atoms with E-state index in [1.54, 1.807) is 7.11 Å². The minimum atomic E-state index is -0.0976. The minimum Gasteiger partial charge on any atom is -0.378 e. The van der Waals surface area contributed by atoms with Gasteiger partial charge in [-0.15, -0.1) is 11.8 Å². The molecule has 3 nitrogen and oxygen atoms in total. The zero-order valence-electron chi connectivity index (χ0n) is 9.06. The van der Waals surface area contributed by atoms with E-state index >= 15 is 0 Å². The lowest BCUT2D eigenvalue weighted by Crippen LogP contribution is -2.43. The molecule has 1 N–H and O–H groups in total. The van der Waals surface area contributed by atoms with Gasteiger partial charge in [-0.2, -0.15) is 0 Å². The molecule has 1 fully saturated rings. The van der Waals surface area contributed by atoms with Crippen molar-refractivity contribution in [2.75, 3.05) is 33.4 Å². The van der Waals surface area contributed by atoms with Crippen LogP contribution in [0.2, 0.25) is 0 Å². The molecule has 1 unspecified atom stereocenters. The zero-order valence-corrected chi connectivity index (χ0v) is 9.06. The van der Waals surface area contributed by atoms with E-state index in [-0.39, 0.29) is 5.60 Å². The summed E-state index contributed by atoms with van der Waals surface area (Å²) >= 11 is 0. The van der Waals surface area contributed by atoms with Crippen molar-refractivity contribution in [1.29, 1.82) is 0 Å². The molecule has 0 aromatic heterocycles. The molecule has 1 rings (SSSR count). The van der Waals surface area contributed by atoms with E-state index in [1.807, 2.05) is 6.92 Å². The summed E-state index contributed by atoms with van der Waals surface area (Å²) in [5.74, 6) is 5.89. The molecule has 0 aromatic rings. The number of rotatable bonds is 5. The van der Waals surface area contributed by atoms with Crippen molar-refractivity contribution in [2.24, 2.45) is 0 Å². The van der Waals surface area contributed by atoms with Crippen LogP contribution < -0.4 is 5.32 Å². The normalized spacial score (nSPS) is 25.9. The lowest BCUT2D eigenvalue weighted by molar-refractivity contribution is -0.0154. The van der Waals surface area contributed by atoms with Crippen molar-refractivity contribution in [1.82, 2.24) is 5.32 Å². The molecule has 0 aromatic carbocycles. The first-order chi connectivity index (χ1) is 6.83. The Bertz CT molecular complexity index is 211. The van der Waals surface area contributed by atoms with Crippen LogP contribution in [-0.4, -0.2) is 39.0 Å². The topological polar surface area (TPSA) is 30.5 Å². The van der Waals surface area contributed by atoms with E-state index in [4.69, 9.17) is 9.47 Å². The lowest BCUT2D eigenvalue weighted by atomic mass is 10.0. The van der Waals surface area contributed by atoms with Gasteiger partial charge in [0.2, 0.25) is 0 Å². The van der Waals surface area contributed by atoms with E-state index in [0.717, 1.165) is 32.5 Å². The molecule has 1 aliphatic rings. The molecular formula is C11H19NO2. The molecule has 14 heavy (non-hydrogen) atoms. The molecule has 0 saturated carbocycles. The second-order valence-corrected chi connectivity index (χ2v) is 3.54. The Morgan fingerprint density at radius 1 is 1.57 bits per heavy atom. The van der Waals surface area contributed by atoms with Crippen molar-refractivity contribution in [3.05, 3.63) is 0 Å². The van der Waals surface area contributed by atoms with Crippen LogP contribution in [0.5, 0.6) is 0 Å². The molecule has 1 aliphatic heterocycles. The van der Waals surface area contributed by atoms with Gasteiger partial charge in [-0.05, 0) is 6.92 Å². The predicted octanol–water partition coefficient (Wildman–Crippen LogP) is 0.795. The quantitative estimate of drug-likeness (QED) is 0.522. The van der Waals surface area contributed by atoms with Crippen LogP contribution in [0.4, 0.5) is 0 Å². The van der Waals surface area contributed by atoms with E-state index < -0.39 is 0 Å². The van der Waals surface area contributed by atoms with Crippen molar-refractivity contribution in [3.8, 4) is 11.8 Å². The van der Waals surface area contributed by atoms with Gasteiger partial charge >= 0.3 is 0 Å². The smallest absolute Gasteiger partial charge is 0.106 e. The van der Waals surface area contributed by atoms with Gasteiger partial charge in [0.05, 0.1) is 6.61 Å². The maximum Gasteiger partial charge on any atom is 0.106 e. The lowest BCUT2D eigenvalue weighted by Gasteiger charge is -2.25. The highest BCUT2D eigenvalue weighted by Crippen LogP contribution is 2.21. The fraction of sp³-hybridized carbons (Fsp3) is 0.818. The molecule has 1 heterocycles. The Morgan fingerprint density at radius 2 is 2.43 bits per heavy atom. The van der Waals surface area contributed by atoms with Crippen LogP contribution in [0, 0.1) is 11.8 Å². The van der Waals surface area contributed by atoms with Gasteiger partial charge in [0.15, 0.2) is 0 Å². The van der Waals surface area contributed by atoms with E-state index in [0.29, 0.717) is 6.61 Å². The summed E-state index contributed by atoms with van der Waals surface area (Å²) in [5.41, 5.74) is -0.0976. The summed E-state index contributed by atoms with van der Waals surface area (Å²) in [6.45, 7) is 5.16. The third-order valence-electron chi connectivity index (χ3n) is 2.55. The number of ether oxygens (including phenoxy) is 2. The van der Waals surface area contributed by atoms with Crippen LogP contribution in [0.3, 0.4) is 0 Å². The van der Waals surface area contributed by atoms with Gasteiger partial charge in [0.25, 0.3) is 0 Å². The summed E-state index contributed by atoms with van der Waals surface area (Å²) in [4.78, 5) is 0. The molecule has 0 amide bonds. The highest BCUT2D eigenvalue weighted by atomic mass is 16.5. The minimum absolute atomic E-state index is 0.0976. The fourth-order valence-electron chi connectivity index (χ4n) is 1.55. The monoisotopic (exact) mass is 197 g/mol. The van der Waals surface area contributed by atoms with Crippen LogP contribution in [0.25, 0.3) is 0 Å². The number of hydrogen-bond acceptors (Lipinski definition) is 3. The molecule has 0 spiro atoms. The Balaban J connectivity index is 2.16. The van der Waals surface area contributed by atoms with E-state index in [2.05, 4.69) is 17.2 Å². The molecule has 0 bridgehead atoms. The molecule has 1 saturated heterocycles. The Labute approximate surface area is 86.2 Å². The molecular weight excluding hydrogens is 178 g/mol. The number of methoxy groups -OCH3 is 1. The van der Waals surface area contributed by atoms with Crippen molar-refractivity contribution in [3.63, 3.8) is 0 Å². The molecule has 1 atom stereocenters. The largest absolute Gasteiger partial charge is 0.378 e. The summed E-state index contributed by atoms with van der Waals surface area (Å²) in [5, 5.41) is 3.35. The Hall–Kier alpha value is -0.560. The summed E-state index contributed by atoms with van der Waals surface area (Å²) < 4.78 is 10.8. The molecule has 80 valence electrons. The average molecular weight is 197 g/mol. The number of nitrogens with one attached hydrogen (secondary N) is 1. The maximum absolute atomic E-state index is 5.48. The second-order valence-electron chi connectivity index (χ2n) is 3.54. The third-order valence-corrected chi connectivity index (χ3v) is 2.55. The highest BCUT2D eigenvalue weighted by Gasteiger charge is 2.34. The SMILES string of the molecule is CC#CCCNCC1(OC)CCOC1. The van der Waals surface area contributed by atoms with Crippen molar-refractivity contribution in [2.45, 2.75) is 25.4 Å². The average Bonchev–Trinajstić information content (AvgIpc) is 2.67. The Morgan fingerprint density at radius 3 is 3.00 bits per heavy atom. The molecule has 0 radical (unpaired) electrons. The first-order valence-corrected chi connectivity index (χ1v) is 5.06. The number of hydrogen-bond donors (Lipinski definition) is 1. The van der Waals surface area contributed by atoms with Gasteiger partial charge in [-0.3, -0.25) is 0 Å². The van der Waals surface area contributed by atoms with Crippen LogP contribution in [0.15, 0.2) is 0 Å². The van der Waals surface area contributed by atoms with Gasteiger partial charge in [-0.1, -0.05) is 0 Å². The summed E-state index contributed by atoms with van der Waals surface area (Å²) in [7, 11) is 1.75. The summed E-state index contributed by atoms with van der Waals surface area (Å²) in [6.07, 6.45) is 1.88. The first kappa shape index (κ1) is 11.5. The van der Waals surface area contributed by atoms with Crippen LogP contribution >= 0.6 is 0 Å². The summed E-state index contributed by atoms with van der Waals surface area (Å²) in [6, 6.07) is 0. The van der Waals surface area contributed by atoms with Gasteiger partial charge < -0.3 is 14.8 Å². The van der Waals surface area contributed by atoms with Crippen LogP contribution in [-0.2, 0) is 9.47 Å². The highest BCUT2D eigenvalue weighted by molar-refractivity contribution is 4.95. The fourth-order valence-corrected chi connectivity index (χ4v) is 1.55. The third kappa shape index (κ3) is 3.30. The molecule has 3 heteroatoms. The van der Waals surface area contributed by atoms with E-state index in [9.17, 15) is 0 Å².